The van der Waals surface area contributed by atoms with E-state index >= 15 is 0 Å². The summed E-state index contributed by atoms with van der Waals surface area (Å²) in [6, 6.07) is 15.5. The average molecular weight is 364 g/mol. The van der Waals surface area contributed by atoms with E-state index in [-0.39, 0.29) is 5.57 Å². The van der Waals surface area contributed by atoms with E-state index in [0.29, 0.717) is 23.7 Å². The summed E-state index contributed by atoms with van der Waals surface area (Å²) in [5.74, 6) is -0.534. The number of nitrogens with two attached hydrogens (primary N) is 1. The van der Waals surface area contributed by atoms with Crippen LogP contribution < -0.4 is 20.7 Å². The Morgan fingerprint density at radius 3 is 2.48 bits per heavy atom. The number of hydrogen-bond donors (Lipinski definition) is 2. The number of methoxy groups -OCH3 is 1. The standard InChI is InChI=1S/C20H20N4O3/c1-14(25)24(18-9-7-17(22)8-10-18)20(26)16(11-21)13-23-12-15-5-3-4-6-19(15)27-2/h3-10,13,23H,12,22H2,1-2H3/b16-13-. The Kier molecular flexibility index (Phi) is 6.55. The van der Waals surface area contributed by atoms with E-state index in [4.69, 9.17) is 10.5 Å². The molecule has 0 heterocycles. The number of nitrogens with zero attached hydrogens (tertiary/aromatic N) is 2. The Balaban J connectivity index is 2.19. The van der Waals surface area contributed by atoms with Crippen LogP contribution in [0.4, 0.5) is 11.4 Å². The van der Waals surface area contributed by atoms with Crippen molar-refractivity contribution in [2.45, 2.75) is 13.5 Å². The SMILES string of the molecule is COc1ccccc1CN/C=C(/C#N)C(=O)N(C(C)=O)c1ccc(N)cc1. The van der Waals surface area contributed by atoms with Gasteiger partial charge in [0.15, 0.2) is 0 Å². The number of amides is 2. The molecule has 0 aliphatic carbocycles. The largest absolute Gasteiger partial charge is 0.496 e. The molecule has 0 saturated heterocycles. The molecule has 2 rings (SSSR count). The Bertz CT molecular complexity index is 898. The lowest BCUT2D eigenvalue weighted by atomic mass is 10.2. The first-order valence-electron chi connectivity index (χ1n) is 8.14. The molecule has 0 aliphatic heterocycles. The third-order valence-corrected chi connectivity index (χ3v) is 3.75. The van der Waals surface area contributed by atoms with Gasteiger partial charge in [0.2, 0.25) is 5.91 Å². The van der Waals surface area contributed by atoms with Gasteiger partial charge in [-0.2, -0.15) is 5.26 Å². The average Bonchev–Trinajstić information content (AvgIpc) is 2.67. The number of ether oxygens (including phenoxy) is 1. The summed E-state index contributed by atoms with van der Waals surface area (Å²) in [5, 5.41) is 12.3. The van der Waals surface area contributed by atoms with Gasteiger partial charge < -0.3 is 15.8 Å². The van der Waals surface area contributed by atoms with Crippen molar-refractivity contribution >= 4 is 23.2 Å². The summed E-state index contributed by atoms with van der Waals surface area (Å²) in [6.07, 6.45) is 1.29. The number of nitrogen functional groups attached to an aromatic ring is 1. The van der Waals surface area contributed by atoms with E-state index in [2.05, 4.69) is 5.32 Å². The molecular formula is C20H20N4O3. The Morgan fingerprint density at radius 2 is 1.89 bits per heavy atom. The van der Waals surface area contributed by atoms with Crippen LogP contribution >= 0.6 is 0 Å². The Morgan fingerprint density at radius 1 is 1.22 bits per heavy atom. The molecule has 0 fully saturated rings. The van der Waals surface area contributed by atoms with E-state index in [1.807, 2.05) is 30.3 Å². The lowest BCUT2D eigenvalue weighted by molar-refractivity contribution is -0.123. The van der Waals surface area contributed by atoms with Gasteiger partial charge in [-0.15, -0.1) is 0 Å². The molecule has 2 aromatic rings. The molecule has 0 bridgehead atoms. The maximum Gasteiger partial charge on any atom is 0.277 e. The van der Waals surface area contributed by atoms with Gasteiger partial charge >= 0.3 is 0 Å². The van der Waals surface area contributed by atoms with Crippen LogP contribution in [0.2, 0.25) is 0 Å². The fraction of sp³-hybridized carbons (Fsp3) is 0.150. The number of carbonyl (C=O) groups is 2. The minimum atomic E-state index is -0.720. The third kappa shape index (κ3) is 4.86. The van der Waals surface area contributed by atoms with Crippen LogP contribution in [0.3, 0.4) is 0 Å². The minimum absolute atomic E-state index is 0.197. The topological polar surface area (TPSA) is 108 Å². The van der Waals surface area contributed by atoms with Gasteiger partial charge in [0.1, 0.15) is 17.4 Å². The van der Waals surface area contributed by atoms with Crippen molar-refractivity contribution in [2.24, 2.45) is 0 Å². The van der Waals surface area contributed by atoms with Gasteiger partial charge in [-0.05, 0) is 30.3 Å². The van der Waals surface area contributed by atoms with E-state index in [1.165, 1.54) is 13.1 Å². The van der Waals surface area contributed by atoms with E-state index in [1.54, 1.807) is 31.4 Å². The number of hydrogen-bond acceptors (Lipinski definition) is 6. The first-order chi connectivity index (χ1) is 13.0. The Labute approximate surface area is 157 Å². The predicted octanol–water partition coefficient (Wildman–Crippen LogP) is 2.35. The van der Waals surface area contributed by atoms with Crippen molar-refractivity contribution < 1.29 is 14.3 Å². The van der Waals surface area contributed by atoms with Crippen molar-refractivity contribution in [3.8, 4) is 11.8 Å². The predicted molar refractivity (Wildman–Crippen MR) is 103 cm³/mol. The smallest absolute Gasteiger partial charge is 0.277 e. The molecule has 7 nitrogen and oxygen atoms in total. The van der Waals surface area contributed by atoms with Gasteiger partial charge in [0.25, 0.3) is 5.91 Å². The fourth-order valence-corrected chi connectivity index (χ4v) is 2.44. The zero-order valence-corrected chi connectivity index (χ0v) is 15.1. The zero-order chi connectivity index (χ0) is 19.8. The Hall–Kier alpha value is -3.79. The van der Waals surface area contributed by atoms with E-state index in [9.17, 15) is 14.9 Å². The molecule has 7 heteroatoms. The van der Waals surface area contributed by atoms with Crippen LogP contribution in [-0.2, 0) is 16.1 Å². The number of imide groups is 1. The minimum Gasteiger partial charge on any atom is -0.496 e. The molecule has 0 aliphatic rings. The molecule has 0 spiro atoms. The van der Waals surface area contributed by atoms with Crippen molar-refractivity contribution in [2.75, 3.05) is 17.7 Å². The molecular weight excluding hydrogens is 344 g/mol. The number of para-hydroxylation sites is 1. The number of rotatable bonds is 6. The first kappa shape index (κ1) is 19.5. The number of nitrogens with one attached hydrogen (secondary N) is 1. The highest BCUT2D eigenvalue weighted by Crippen LogP contribution is 2.19. The molecule has 2 aromatic carbocycles. The molecule has 0 aromatic heterocycles. The lowest BCUT2D eigenvalue weighted by Crippen LogP contribution is -2.36. The van der Waals surface area contributed by atoms with Crippen molar-refractivity contribution in [1.29, 1.82) is 5.26 Å². The summed E-state index contributed by atoms with van der Waals surface area (Å²) in [7, 11) is 1.57. The highest BCUT2D eigenvalue weighted by molar-refractivity contribution is 6.21. The molecule has 0 radical (unpaired) electrons. The zero-order valence-electron chi connectivity index (χ0n) is 15.1. The van der Waals surface area contributed by atoms with Gasteiger partial charge in [-0.25, -0.2) is 4.90 Å². The van der Waals surface area contributed by atoms with Gasteiger partial charge in [0.05, 0.1) is 12.8 Å². The molecule has 2 amide bonds. The number of carbonyl (C=O) groups excluding carboxylic acids is 2. The second kappa shape index (κ2) is 9.06. The maximum atomic E-state index is 12.7. The maximum absolute atomic E-state index is 12.7. The van der Waals surface area contributed by atoms with Crippen molar-refractivity contribution in [1.82, 2.24) is 5.32 Å². The van der Waals surface area contributed by atoms with Crippen molar-refractivity contribution in [3.05, 3.63) is 65.9 Å². The van der Waals surface area contributed by atoms with Crippen LogP contribution in [0.25, 0.3) is 0 Å². The van der Waals surface area contributed by atoms with Crippen LogP contribution in [0.5, 0.6) is 5.75 Å². The number of anilines is 2. The van der Waals surface area contributed by atoms with E-state index in [0.717, 1.165) is 10.5 Å². The molecule has 0 saturated carbocycles. The fourth-order valence-electron chi connectivity index (χ4n) is 2.44. The highest BCUT2D eigenvalue weighted by atomic mass is 16.5. The third-order valence-electron chi connectivity index (χ3n) is 3.75. The van der Waals surface area contributed by atoms with Crippen LogP contribution in [0.15, 0.2) is 60.3 Å². The van der Waals surface area contributed by atoms with Gasteiger partial charge in [-0.1, -0.05) is 18.2 Å². The van der Waals surface area contributed by atoms with Crippen molar-refractivity contribution in [3.63, 3.8) is 0 Å². The summed E-state index contributed by atoms with van der Waals surface area (Å²) < 4.78 is 5.26. The summed E-state index contributed by atoms with van der Waals surface area (Å²) >= 11 is 0. The molecule has 0 unspecified atom stereocenters. The molecule has 27 heavy (non-hydrogen) atoms. The summed E-state index contributed by atoms with van der Waals surface area (Å²) in [5.41, 5.74) is 7.15. The van der Waals surface area contributed by atoms with Gasteiger partial charge in [-0.3, -0.25) is 9.59 Å². The quantitative estimate of drug-likeness (QED) is 0.463. The van der Waals surface area contributed by atoms with Crippen LogP contribution in [0, 0.1) is 11.3 Å². The van der Waals surface area contributed by atoms with Crippen LogP contribution in [-0.4, -0.2) is 18.9 Å². The molecule has 3 N–H and O–H groups in total. The molecule has 0 atom stereocenters. The second-order valence-electron chi connectivity index (χ2n) is 5.61. The van der Waals surface area contributed by atoms with Gasteiger partial charge in [0, 0.05) is 30.9 Å². The summed E-state index contributed by atoms with van der Waals surface area (Å²) in [6.45, 7) is 1.61. The first-order valence-corrected chi connectivity index (χ1v) is 8.14. The lowest BCUT2D eigenvalue weighted by Gasteiger charge is -2.19. The number of nitriles is 1. The van der Waals surface area contributed by atoms with E-state index < -0.39 is 11.8 Å². The molecule has 138 valence electrons. The number of benzene rings is 2. The highest BCUT2D eigenvalue weighted by Gasteiger charge is 2.23. The normalized spacial score (nSPS) is 10.6. The second-order valence-corrected chi connectivity index (χ2v) is 5.61. The van der Waals surface area contributed by atoms with Crippen LogP contribution in [0.1, 0.15) is 12.5 Å². The monoisotopic (exact) mass is 364 g/mol. The summed E-state index contributed by atoms with van der Waals surface area (Å²) in [4.78, 5) is 25.6.